The second-order valence-electron chi connectivity index (χ2n) is 9.90. The summed E-state index contributed by atoms with van der Waals surface area (Å²) in [5, 5.41) is 13.7. The average molecular weight is 488 g/mol. The van der Waals surface area contributed by atoms with Crippen LogP contribution < -0.4 is 0 Å². The molecule has 2 aromatic heterocycles. The molecule has 1 aliphatic heterocycles. The first-order valence-electron chi connectivity index (χ1n) is 12.5. The van der Waals surface area contributed by atoms with Crippen LogP contribution in [0.5, 0.6) is 0 Å². The zero-order valence-corrected chi connectivity index (χ0v) is 20.5. The third-order valence-electron chi connectivity index (χ3n) is 7.43. The second-order valence-corrected chi connectivity index (χ2v) is 10.3. The molecule has 1 atom stereocenters. The molecule has 3 heterocycles. The van der Waals surface area contributed by atoms with Crippen LogP contribution in [0.2, 0.25) is 5.02 Å². The van der Waals surface area contributed by atoms with Crippen molar-refractivity contribution in [3.8, 4) is 11.4 Å². The minimum absolute atomic E-state index is 0.319. The quantitative estimate of drug-likeness (QED) is 0.357. The Bertz CT molecular complexity index is 1250. The van der Waals surface area contributed by atoms with E-state index in [1.54, 1.807) is 0 Å². The van der Waals surface area contributed by atoms with Gasteiger partial charge in [-0.05, 0) is 55.8 Å². The standard InChI is InChI=1S/C27H30ClN7/c28-25-11-5-4-10-24(25)27-31-26(15-21-13-23(14-21)34-18-29-30-19-34)35(32-27)22-9-6-12-33(17-22)16-20-7-2-1-3-8-20/h1-5,7-8,10-11,18-19,21-23H,6,9,12-17H2. The SMILES string of the molecule is Clc1ccccc1-c1nc(CC2CC(n3cnnc3)C2)n(C2CCCN(Cc3ccccc3)C2)n1. The third-order valence-corrected chi connectivity index (χ3v) is 7.76. The Balaban J connectivity index is 1.23. The number of piperidine rings is 1. The van der Waals surface area contributed by atoms with Gasteiger partial charge in [-0.1, -0.05) is 54.1 Å². The van der Waals surface area contributed by atoms with Gasteiger partial charge < -0.3 is 4.57 Å². The van der Waals surface area contributed by atoms with Crippen LogP contribution in [0.15, 0.2) is 67.3 Å². The normalized spacial score (nSPS) is 22.7. The number of hydrogen-bond acceptors (Lipinski definition) is 5. The van der Waals surface area contributed by atoms with E-state index in [9.17, 15) is 0 Å². The van der Waals surface area contributed by atoms with Gasteiger partial charge >= 0.3 is 0 Å². The molecule has 6 rings (SSSR count). The van der Waals surface area contributed by atoms with Gasteiger partial charge in [0.15, 0.2) is 5.82 Å². The molecule has 1 aliphatic carbocycles. The third kappa shape index (κ3) is 4.88. The van der Waals surface area contributed by atoms with E-state index in [2.05, 4.69) is 54.7 Å². The molecule has 1 saturated heterocycles. The van der Waals surface area contributed by atoms with E-state index in [0.29, 0.717) is 23.0 Å². The molecule has 2 aromatic carbocycles. The van der Waals surface area contributed by atoms with Crippen molar-refractivity contribution >= 4 is 11.6 Å². The summed E-state index contributed by atoms with van der Waals surface area (Å²) in [6.45, 7) is 3.08. The van der Waals surface area contributed by atoms with Gasteiger partial charge in [-0.3, -0.25) is 4.90 Å². The lowest BCUT2D eigenvalue weighted by Gasteiger charge is -2.36. The average Bonchev–Trinajstić information content (AvgIpc) is 3.53. The molecule has 2 fully saturated rings. The fourth-order valence-electron chi connectivity index (χ4n) is 5.53. The van der Waals surface area contributed by atoms with Gasteiger partial charge in [-0.15, -0.1) is 10.2 Å². The maximum atomic E-state index is 6.53. The summed E-state index contributed by atoms with van der Waals surface area (Å²) in [5.74, 6) is 2.41. The topological polar surface area (TPSA) is 64.7 Å². The minimum atomic E-state index is 0.319. The number of halogens is 1. The highest BCUT2D eigenvalue weighted by atomic mass is 35.5. The van der Waals surface area contributed by atoms with Crippen molar-refractivity contribution in [1.82, 2.24) is 34.4 Å². The minimum Gasteiger partial charge on any atom is -0.317 e. The fraction of sp³-hybridized carbons (Fsp3) is 0.407. The maximum absolute atomic E-state index is 6.53. The van der Waals surface area contributed by atoms with E-state index in [-0.39, 0.29) is 0 Å². The monoisotopic (exact) mass is 487 g/mol. The Morgan fingerprint density at radius 3 is 2.49 bits per heavy atom. The van der Waals surface area contributed by atoms with Gasteiger partial charge in [0.05, 0.1) is 11.1 Å². The summed E-state index contributed by atoms with van der Waals surface area (Å²) in [5.41, 5.74) is 2.26. The predicted octanol–water partition coefficient (Wildman–Crippen LogP) is 5.22. The molecule has 35 heavy (non-hydrogen) atoms. The molecule has 7 nitrogen and oxygen atoms in total. The van der Waals surface area contributed by atoms with Crippen molar-refractivity contribution in [2.45, 2.75) is 50.7 Å². The lowest BCUT2D eigenvalue weighted by Crippen LogP contribution is -2.37. The van der Waals surface area contributed by atoms with E-state index in [1.165, 1.54) is 5.56 Å². The number of nitrogens with zero attached hydrogens (tertiary/aromatic N) is 7. The van der Waals surface area contributed by atoms with Gasteiger partial charge in [0.25, 0.3) is 0 Å². The van der Waals surface area contributed by atoms with E-state index in [1.807, 2.05) is 36.9 Å². The van der Waals surface area contributed by atoms with Gasteiger partial charge in [0, 0.05) is 31.1 Å². The van der Waals surface area contributed by atoms with Crippen molar-refractivity contribution in [3.05, 3.63) is 83.7 Å². The Morgan fingerprint density at radius 2 is 1.69 bits per heavy atom. The summed E-state index contributed by atoms with van der Waals surface area (Å²) in [6, 6.07) is 19.4. The maximum Gasteiger partial charge on any atom is 0.182 e. The van der Waals surface area contributed by atoms with Crippen LogP contribution in [0.1, 0.15) is 49.2 Å². The molecule has 0 spiro atoms. The van der Waals surface area contributed by atoms with Gasteiger partial charge in [-0.25, -0.2) is 9.67 Å². The van der Waals surface area contributed by atoms with Crippen LogP contribution in [0.25, 0.3) is 11.4 Å². The van der Waals surface area contributed by atoms with E-state index >= 15 is 0 Å². The van der Waals surface area contributed by atoms with Crippen molar-refractivity contribution < 1.29 is 0 Å². The Kier molecular flexibility index (Phi) is 6.35. The highest BCUT2D eigenvalue weighted by Crippen LogP contribution is 2.40. The molecule has 8 heteroatoms. The number of rotatable bonds is 7. The van der Waals surface area contributed by atoms with E-state index in [0.717, 1.165) is 69.0 Å². The van der Waals surface area contributed by atoms with Crippen LogP contribution in [0.4, 0.5) is 0 Å². The van der Waals surface area contributed by atoms with Crippen molar-refractivity contribution in [2.24, 2.45) is 5.92 Å². The lowest BCUT2D eigenvalue weighted by molar-refractivity contribution is 0.155. The Morgan fingerprint density at radius 1 is 0.914 bits per heavy atom. The molecular weight excluding hydrogens is 458 g/mol. The largest absolute Gasteiger partial charge is 0.317 e. The van der Waals surface area contributed by atoms with Crippen LogP contribution in [-0.4, -0.2) is 47.5 Å². The Hall–Kier alpha value is -3.03. The van der Waals surface area contributed by atoms with Crippen LogP contribution in [0, 0.1) is 5.92 Å². The molecular formula is C27H30ClN7. The number of likely N-dealkylation sites (tertiary alicyclic amines) is 1. The summed E-state index contributed by atoms with van der Waals surface area (Å²) < 4.78 is 4.35. The molecule has 180 valence electrons. The molecule has 1 saturated carbocycles. The zero-order chi connectivity index (χ0) is 23.6. The predicted molar refractivity (Wildman–Crippen MR) is 136 cm³/mol. The van der Waals surface area contributed by atoms with Crippen molar-refractivity contribution in [1.29, 1.82) is 0 Å². The number of benzene rings is 2. The highest BCUT2D eigenvalue weighted by molar-refractivity contribution is 6.33. The first kappa shape index (κ1) is 22.4. The van der Waals surface area contributed by atoms with Crippen molar-refractivity contribution in [3.63, 3.8) is 0 Å². The van der Waals surface area contributed by atoms with Gasteiger partial charge in [-0.2, -0.15) is 5.10 Å². The first-order chi connectivity index (χ1) is 17.2. The molecule has 4 aromatic rings. The van der Waals surface area contributed by atoms with Crippen LogP contribution in [0.3, 0.4) is 0 Å². The summed E-state index contributed by atoms with van der Waals surface area (Å²) in [6.07, 6.45) is 9.11. The molecule has 0 amide bonds. The number of hydrogen-bond donors (Lipinski definition) is 0. The molecule has 0 radical (unpaired) electrons. The van der Waals surface area contributed by atoms with Gasteiger partial charge in [0.1, 0.15) is 18.5 Å². The van der Waals surface area contributed by atoms with Crippen molar-refractivity contribution in [2.75, 3.05) is 13.1 Å². The molecule has 0 N–H and O–H groups in total. The Labute approximate surface area is 210 Å². The molecule has 2 aliphatic rings. The summed E-state index contributed by atoms with van der Waals surface area (Å²) >= 11 is 6.53. The van der Waals surface area contributed by atoms with E-state index < -0.39 is 0 Å². The molecule has 1 unspecified atom stereocenters. The van der Waals surface area contributed by atoms with Crippen LogP contribution in [-0.2, 0) is 13.0 Å². The fourth-order valence-corrected chi connectivity index (χ4v) is 5.75. The summed E-state index contributed by atoms with van der Waals surface area (Å²) in [4.78, 5) is 7.60. The first-order valence-corrected chi connectivity index (χ1v) is 12.9. The summed E-state index contributed by atoms with van der Waals surface area (Å²) in [7, 11) is 0. The van der Waals surface area contributed by atoms with Crippen LogP contribution >= 0.6 is 11.6 Å². The smallest absolute Gasteiger partial charge is 0.182 e. The van der Waals surface area contributed by atoms with E-state index in [4.69, 9.17) is 21.7 Å². The van der Waals surface area contributed by atoms with Gasteiger partial charge in [0.2, 0.25) is 0 Å². The number of aromatic nitrogens is 6. The molecule has 0 bridgehead atoms. The lowest BCUT2D eigenvalue weighted by atomic mass is 9.78. The zero-order valence-electron chi connectivity index (χ0n) is 19.7. The second kappa shape index (κ2) is 9.91. The highest BCUT2D eigenvalue weighted by Gasteiger charge is 2.33.